The number of para-hydroxylation sites is 1. The molecule has 0 spiro atoms. The average molecular weight is 392 g/mol. The van der Waals surface area contributed by atoms with Crippen molar-refractivity contribution in [2.24, 2.45) is 0 Å². The predicted molar refractivity (Wildman–Crippen MR) is 98.4 cm³/mol. The van der Waals surface area contributed by atoms with Gasteiger partial charge in [0.1, 0.15) is 0 Å². The number of benzene rings is 2. The summed E-state index contributed by atoms with van der Waals surface area (Å²) in [6.07, 6.45) is -4.84. The molecule has 0 heterocycles. The molecule has 0 aliphatic carbocycles. The van der Waals surface area contributed by atoms with Crippen molar-refractivity contribution in [1.29, 1.82) is 0 Å². The van der Waals surface area contributed by atoms with Crippen LogP contribution in [0.25, 0.3) is 0 Å². The Morgan fingerprint density at radius 1 is 1.11 bits per heavy atom. The van der Waals surface area contributed by atoms with E-state index in [1.165, 1.54) is 23.1 Å². The summed E-state index contributed by atoms with van der Waals surface area (Å²) in [7, 11) is 0. The SMILES string of the molecule is C=CCN(C(=O)C(=O)NCC(O)c1ccccc1C(F)(F)F)c1ccccc1. The predicted octanol–water partition coefficient (Wildman–Crippen LogP) is 3.07. The summed E-state index contributed by atoms with van der Waals surface area (Å²) in [4.78, 5) is 25.8. The lowest BCUT2D eigenvalue weighted by Gasteiger charge is -2.21. The summed E-state index contributed by atoms with van der Waals surface area (Å²) in [5.74, 6) is -1.96. The Hall–Kier alpha value is -3.13. The van der Waals surface area contributed by atoms with Crippen molar-refractivity contribution >= 4 is 17.5 Å². The van der Waals surface area contributed by atoms with E-state index in [4.69, 9.17) is 0 Å². The Morgan fingerprint density at radius 2 is 1.71 bits per heavy atom. The largest absolute Gasteiger partial charge is 0.416 e. The van der Waals surface area contributed by atoms with Crippen molar-refractivity contribution in [2.45, 2.75) is 12.3 Å². The number of halogens is 3. The number of nitrogens with one attached hydrogen (secondary N) is 1. The Labute approximate surface area is 160 Å². The number of aliphatic hydroxyl groups excluding tert-OH is 1. The molecule has 2 amide bonds. The molecule has 5 nitrogen and oxygen atoms in total. The van der Waals surface area contributed by atoms with Gasteiger partial charge in [0.15, 0.2) is 0 Å². The van der Waals surface area contributed by atoms with Gasteiger partial charge in [0, 0.05) is 18.8 Å². The molecule has 1 atom stereocenters. The van der Waals surface area contributed by atoms with Crippen LogP contribution >= 0.6 is 0 Å². The minimum absolute atomic E-state index is 0.0652. The molecule has 0 aliphatic heterocycles. The molecule has 0 saturated carbocycles. The normalized spacial score (nSPS) is 12.1. The van der Waals surface area contributed by atoms with Gasteiger partial charge in [0.2, 0.25) is 0 Å². The zero-order chi connectivity index (χ0) is 20.7. The summed E-state index contributed by atoms with van der Waals surface area (Å²) in [5, 5.41) is 12.3. The van der Waals surface area contributed by atoms with Gasteiger partial charge in [0.05, 0.1) is 11.7 Å². The highest BCUT2D eigenvalue weighted by Crippen LogP contribution is 2.34. The number of carbonyl (C=O) groups is 2. The van der Waals surface area contributed by atoms with Crippen LogP contribution in [0.15, 0.2) is 67.3 Å². The zero-order valence-electron chi connectivity index (χ0n) is 14.8. The second kappa shape index (κ2) is 9.18. The van der Waals surface area contributed by atoms with Crippen molar-refractivity contribution in [3.63, 3.8) is 0 Å². The van der Waals surface area contributed by atoms with E-state index in [2.05, 4.69) is 11.9 Å². The molecular weight excluding hydrogens is 373 g/mol. The monoisotopic (exact) mass is 392 g/mol. The van der Waals surface area contributed by atoms with Crippen LogP contribution < -0.4 is 10.2 Å². The maximum absolute atomic E-state index is 13.0. The Morgan fingerprint density at radius 3 is 2.32 bits per heavy atom. The molecule has 0 aromatic heterocycles. The molecule has 0 bridgehead atoms. The van der Waals surface area contributed by atoms with E-state index >= 15 is 0 Å². The number of alkyl halides is 3. The maximum Gasteiger partial charge on any atom is 0.416 e. The van der Waals surface area contributed by atoms with E-state index in [9.17, 15) is 27.9 Å². The number of amides is 2. The lowest BCUT2D eigenvalue weighted by atomic mass is 10.0. The molecule has 2 rings (SSSR count). The molecule has 2 N–H and O–H groups in total. The fourth-order valence-corrected chi connectivity index (χ4v) is 2.59. The van der Waals surface area contributed by atoms with Gasteiger partial charge in [-0.3, -0.25) is 9.59 Å². The molecule has 2 aromatic rings. The second-order valence-electron chi connectivity index (χ2n) is 5.85. The highest BCUT2D eigenvalue weighted by atomic mass is 19.4. The summed E-state index contributed by atoms with van der Waals surface area (Å²) in [6.45, 7) is 3.06. The minimum atomic E-state index is -4.65. The molecule has 0 saturated heterocycles. The van der Waals surface area contributed by atoms with Crippen LogP contribution in [-0.2, 0) is 15.8 Å². The lowest BCUT2D eigenvalue weighted by Crippen LogP contribution is -2.44. The van der Waals surface area contributed by atoms with Gasteiger partial charge < -0.3 is 15.3 Å². The standard InChI is InChI=1S/C20H19F3N2O3/c1-2-12-25(14-8-4-3-5-9-14)19(28)18(27)24-13-17(26)15-10-6-7-11-16(15)20(21,22)23/h2-11,17,26H,1,12-13H2,(H,24,27). The molecule has 1 unspecified atom stereocenters. The number of rotatable bonds is 6. The molecule has 148 valence electrons. The number of anilines is 1. The van der Waals surface area contributed by atoms with Crippen LogP contribution in [0.3, 0.4) is 0 Å². The molecule has 0 radical (unpaired) electrons. The number of hydrogen-bond donors (Lipinski definition) is 2. The maximum atomic E-state index is 13.0. The van der Waals surface area contributed by atoms with Crippen LogP contribution in [0.1, 0.15) is 17.2 Å². The fraction of sp³-hybridized carbons (Fsp3) is 0.200. The molecule has 28 heavy (non-hydrogen) atoms. The number of hydrogen-bond acceptors (Lipinski definition) is 3. The topological polar surface area (TPSA) is 69.6 Å². The smallest absolute Gasteiger partial charge is 0.387 e. The Kier molecular flexibility index (Phi) is 6.94. The second-order valence-corrected chi connectivity index (χ2v) is 5.85. The van der Waals surface area contributed by atoms with Gasteiger partial charge in [-0.15, -0.1) is 6.58 Å². The van der Waals surface area contributed by atoms with Crippen LogP contribution in [0.5, 0.6) is 0 Å². The van der Waals surface area contributed by atoms with Crippen LogP contribution in [0, 0.1) is 0 Å². The van der Waals surface area contributed by atoms with Crippen LogP contribution in [-0.4, -0.2) is 30.0 Å². The summed E-state index contributed by atoms with van der Waals surface area (Å²) in [6, 6.07) is 12.9. The molecular formula is C20H19F3N2O3. The first kappa shape index (κ1) is 21.2. The van der Waals surface area contributed by atoms with E-state index in [-0.39, 0.29) is 12.1 Å². The third-order valence-electron chi connectivity index (χ3n) is 3.90. The third kappa shape index (κ3) is 5.20. The first-order valence-corrected chi connectivity index (χ1v) is 8.35. The Bertz CT molecular complexity index is 838. The van der Waals surface area contributed by atoms with Gasteiger partial charge in [-0.25, -0.2) is 0 Å². The Balaban J connectivity index is 2.09. The van der Waals surface area contributed by atoms with Crippen molar-refractivity contribution < 1.29 is 27.9 Å². The van der Waals surface area contributed by atoms with Crippen molar-refractivity contribution in [2.75, 3.05) is 18.0 Å². The van der Waals surface area contributed by atoms with Crippen molar-refractivity contribution in [1.82, 2.24) is 5.32 Å². The minimum Gasteiger partial charge on any atom is -0.387 e. The third-order valence-corrected chi connectivity index (χ3v) is 3.90. The van der Waals surface area contributed by atoms with E-state index in [0.29, 0.717) is 5.69 Å². The van der Waals surface area contributed by atoms with Crippen LogP contribution in [0.4, 0.5) is 18.9 Å². The summed E-state index contributed by atoms with van der Waals surface area (Å²) >= 11 is 0. The number of nitrogens with zero attached hydrogens (tertiary/aromatic N) is 1. The first-order valence-electron chi connectivity index (χ1n) is 8.35. The fourth-order valence-electron chi connectivity index (χ4n) is 2.59. The highest BCUT2D eigenvalue weighted by molar-refractivity contribution is 6.40. The van der Waals surface area contributed by atoms with Crippen molar-refractivity contribution in [3.05, 3.63) is 78.4 Å². The first-order chi connectivity index (χ1) is 13.3. The van der Waals surface area contributed by atoms with Gasteiger partial charge in [-0.2, -0.15) is 13.2 Å². The average Bonchev–Trinajstić information content (AvgIpc) is 2.69. The van der Waals surface area contributed by atoms with E-state index in [1.807, 2.05) is 0 Å². The lowest BCUT2D eigenvalue weighted by molar-refractivity contribution is -0.139. The summed E-state index contributed by atoms with van der Waals surface area (Å²) < 4.78 is 39.1. The number of carbonyl (C=O) groups excluding carboxylic acids is 2. The van der Waals surface area contributed by atoms with Gasteiger partial charge in [-0.05, 0) is 23.8 Å². The number of aliphatic hydroxyl groups is 1. The van der Waals surface area contributed by atoms with Gasteiger partial charge in [0.25, 0.3) is 0 Å². The molecule has 0 aliphatic rings. The van der Waals surface area contributed by atoms with Gasteiger partial charge in [-0.1, -0.05) is 42.5 Å². The molecule has 2 aromatic carbocycles. The highest BCUT2D eigenvalue weighted by Gasteiger charge is 2.34. The van der Waals surface area contributed by atoms with E-state index in [0.717, 1.165) is 12.1 Å². The van der Waals surface area contributed by atoms with E-state index in [1.54, 1.807) is 30.3 Å². The summed E-state index contributed by atoms with van der Waals surface area (Å²) in [5.41, 5.74) is -0.917. The zero-order valence-corrected chi connectivity index (χ0v) is 14.8. The van der Waals surface area contributed by atoms with Crippen molar-refractivity contribution in [3.8, 4) is 0 Å². The van der Waals surface area contributed by atoms with Gasteiger partial charge >= 0.3 is 18.0 Å². The van der Waals surface area contributed by atoms with E-state index < -0.39 is 36.2 Å². The molecule has 8 heteroatoms. The molecule has 0 fully saturated rings. The quantitative estimate of drug-likeness (QED) is 0.586. The van der Waals surface area contributed by atoms with Crippen LogP contribution in [0.2, 0.25) is 0 Å².